The van der Waals surface area contributed by atoms with E-state index in [1.165, 1.54) is 7.11 Å². The Morgan fingerprint density at radius 1 is 1.25 bits per heavy atom. The van der Waals surface area contributed by atoms with E-state index in [0.717, 1.165) is 0 Å². The molecule has 0 saturated heterocycles. The monoisotopic (exact) mass is 280 g/mol. The SMILES string of the molecule is CCNc1nc(OC)nc(N(CCC#N)CCOC)n1. The van der Waals surface area contributed by atoms with Crippen LogP contribution in [0, 0.1) is 11.3 Å². The van der Waals surface area contributed by atoms with E-state index < -0.39 is 0 Å². The van der Waals surface area contributed by atoms with Crippen LogP contribution in [-0.2, 0) is 4.74 Å². The average Bonchev–Trinajstić information content (AvgIpc) is 2.47. The zero-order chi connectivity index (χ0) is 14.8. The maximum absolute atomic E-state index is 8.73. The second kappa shape index (κ2) is 8.87. The quantitative estimate of drug-likeness (QED) is 0.705. The van der Waals surface area contributed by atoms with Gasteiger partial charge in [-0.05, 0) is 6.92 Å². The molecule has 0 aliphatic rings. The van der Waals surface area contributed by atoms with Crippen LogP contribution in [0.2, 0.25) is 0 Å². The first-order valence-corrected chi connectivity index (χ1v) is 6.39. The summed E-state index contributed by atoms with van der Waals surface area (Å²) < 4.78 is 10.1. The lowest BCUT2D eigenvalue weighted by Gasteiger charge is -2.21. The Bertz CT molecular complexity index is 448. The first kappa shape index (κ1) is 15.9. The molecule has 0 fully saturated rings. The summed E-state index contributed by atoms with van der Waals surface area (Å²) in [5.74, 6) is 0.925. The van der Waals surface area contributed by atoms with E-state index in [1.807, 2.05) is 11.8 Å². The van der Waals surface area contributed by atoms with Crippen LogP contribution in [0.3, 0.4) is 0 Å². The van der Waals surface area contributed by atoms with Crippen molar-refractivity contribution in [1.29, 1.82) is 5.26 Å². The fraction of sp³-hybridized carbons (Fsp3) is 0.667. The highest BCUT2D eigenvalue weighted by Crippen LogP contribution is 2.15. The molecule has 1 aromatic rings. The van der Waals surface area contributed by atoms with Gasteiger partial charge in [0.1, 0.15) is 0 Å². The summed E-state index contributed by atoms with van der Waals surface area (Å²) in [6, 6.07) is 2.35. The van der Waals surface area contributed by atoms with Crippen LogP contribution < -0.4 is 15.0 Å². The molecule has 20 heavy (non-hydrogen) atoms. The smallest absolute Gasteiger partial charge is 0.322 e. The van der Waals surface area contributed by atoms with Gasteiger partial charge in [-0.3, -0.25) is 0 Å². The molecule has 0 radical (unpaired) electrons. The van der Waals surface area contributed by atoms with E-state index in [1.54, 1.807) is 7.11 Å². The topological polar surface area (TPSA) is 96.2 Å². The van der Waals surface area contributed by atoms with Crippen molar-refractivity contribution in [3.63, 3.8) is 0 Å². The van der Waals surface area contributed by atoms with Gasteiger partial charge in [0.25, 0.3) is 0 Å². The number of ether oxygens (including phenoxy) is 2. The number of rotatable bonds is 9. The van der Waals surface area contributed by atoms with Crippen LogP contribution in [0.15, 0.2) is 0 Å². The van der Waals surface area contributed by atoms with Crippen LogP contribution in [-0.4, -0.2) is 55.4 Å². The fourth-order valence-corrected chi connectivity index (χ4v) is 1.51. The number of nitrogens with zero attached hydrogens (tertiary/aromatic N) is 5. The number of nitriles is 1. The molecule has 110 valence electrons. The number of methoxy groups -OCH3 is 2. The molecule has 1 N–H and O–H groups in total. The van der Waals surface area contributed by atoms with Gasteiger partial charge < -0.3 is 19.7 Å². The summed E-state index contributed by atoms with van der Waals surface area (Å²) in [7, 11) is 3.13. The largest absolute Gasteiger partial charge is 0.467 e. The lowest BCUT2D eigenvalue weighted by Crippen LogP contribution is -2.30. The standard InChI is InChI=1S/C12H20N6O2/c1-4-14-10-15-11(17-12(16-10)20-3)18(7-5-6-13)8-9-19-2/h4-5,7-9H2,1-3H3,(H,14,15,16,17). The van der Waals surface area contributed by atoms with E-state index >= 15 is 0 Å². The van der Waals surface area contributed by atoms with Crippen LogP contribution in [0.5, 0.6) is 6.01 Å². The predicted molar refractivity (Wildman–Crippen MR) is 74.9 cm³/mol. The molecule has 0 aliphatic heterocycles. The zero-order valence-electron chi connectivity index (χ0n) is 12.1. The summed E-state index contributed by atoms with van der Waals surface area (Å²) in [5.41, 5.74) is 0. The Kier molecular flexibility index (Phi) is 7.06. The number of hydrogen-bond donors (Lipinski definition) is 1. The van der Waals surface area contributed by atoms with E-state index in [4.69, 9.17) is 14.7 Å². The molecule has 1 aromatic heterocycles. The van der Waals surface area contributed by atoms with Gasteiger partial charge in [-0.15, -0.1) is 0 Å². The van der Waals surface area contributed by atoms with Crippen molar-refractivity contribution in [3.05, 3.63) is 0 Å². The molecular formula is C12H20N6O2. The van der Waals surface area contributed by atoms with Gasteiger partial charge in [0, 0.05) is 26.7 Å². The second-order valence-electron chi connectivity index (χ2n) is 3.86. The van der Waals surface area contributed by atoms with Crippen LogP contribution in [0.1, 0.15) is 13.3 Å². The lowest BCUT2D eigenvalue weighted by atomic mass is 10.4. The van der Waals surface area contributed by atoms with Crippen molar-refractivity contribution >= 4 is 11.9 Å². The average molecular weight is 280 g/mol. The Labute approximate surface area is 118 Å². The van der Waals surface area contributed by atoms with Crippen molar-refractivity contribution in [2.75, 3.05) is 50.7 Å². The second-order valence-corrected chi connectivity index (χ2v) is 3.86. The Balaban J connectivity index is 2.96. The maximum atomic E-state index is 8.73. The third-order valence-corrected chi connectivity index (χ3v) is 2.46. The third-order valence-electron chi connectivity index (χ3n) is 2.46. The van der Waals surface area contributed by atoms with Gasteiger partial charge in [-0.25, -0.2) is 0 Å². The molecule has 8 heteroatoms. The van der Waals surface area contributed by atoms with Gasteiger partial charge in [0.2, 0.25) is 11.9 Å². The van der Waals surface area contributed by atoms with Gasteiger partial charge in [-0.2, -0.15) is 20.2 Å². The lowest BCUT2D eigenvalue weighted by molar-refractivity contribution is 0.205. The summed E-state index contributed by atoms with van der Waals surface area (Å²) in [4.78, 5) is 14.5. The number of nitrogens with one attached hydrogen (secondary N) is 1. The van der Waals surface area contributed by atoms with Gasteiger partial charge >= 0.3 is 6.01 Å². The predicted octanol–water partition coefficient (Wildman–Crippen LogP) is 0.678. The van der Waals surface area contributed by atoms with Crippen molar-refractivity contribution in [2.24, 2.45) is 0 Å². The number of aromatic nitrogens is 3. The molecule has 0 aromatic carbocycles. The minimum absolute atomic E-state index is 0.241. The van der Waals surface area contributed by atoms with Gasteiger partial charge in [-0.1, -0.05) is 0 Å². The molecule has 0 spiro atoms. The van der Waals surface area contributed by atoms with Crippen LogP contribution in [0.25, 0.3) is 0 Å². The zero-order valence-corrected chi connectivity index (χ0v) is 12.1. The van der Waals surface area contributed by atoms with Gasteiger partial charge in [0.15, 0.2) is 0 Å². The minimum atomic E-state index is 0.241. The van der Waals surface area contributed by atoms with Crippen molar-refractivity contribution < 1.29 is 9.47 Å². The Morgan fingerprint density at radius 3 is 2.65 bits per heavy atom. The molecule has 0 aliphatic carbocycles. The van der Waals surface area contributed by atoms with Crippen LogP contribution >= 0.6 is 0 Å². The molecule has 0 atom stereocenters. The molecule has 1 heterocycles. The molecule has 0 unspecified atom stereocenters. The highest BCUT2D eigenvalue weighted by molar-refractivity contribution is 5.38. The highest BCUT2D eigenvalue weighted by Gasteiger charge is 2.13. The molecule has 1 rings (SSSR count). The molecule has 8 nitrogen and oxygen atoms in total. The number of hydrogen-bond acceptors (Lipinski definition) is 8. The van der Waals surface area contributed by atoms with Crippen molar-refractivity contribution in [2.45, 2.75) is 13.3 Å². The van der Waals surface area contributed by atoms with Crippen molar-refractivity contribution in [3.8, 4) is 12.1 Å². The van der Waals surface area contributed by atoms with Gasteiger partial charge in [0.05, 0.1) is 26.2 Å². The van der Waals surface area contributed by atoms with E-state index in [2.05, 4.69) is 26.3 Å². The summed E-state index contributed by atoms with van der Waals surface area (Å²) in [5, 5.41) is 11.8. The summed E-state index contributed by atoms with van der Waals surface area (Å²) in [6.45, 7) is 4.29. The molecular weight excluding hydrogens is 260 g/mol. The summed E-state index contributed by atoms with van der Waals surface area (Å²) >= 11 is 0. The normalized spacial score (nSPS) is 9.90. The van der Waals surface area contributed by atoms with E-state index in [-0.39, 0.29) is 6.01 Å². The maximum Gasteiger partial charge on any atom is 0.322 e. The van der Waals surface area contributed by atoms with E-state index in [9.17, 15) is 0 Å². The highest BCUT2D eigenvalue weighted by atomic mass is 16.5. The van der Waals surface area contributed by atoms with Crippen LogP contribution in [0.4, 0.5) is 11.9 Å². The minimum Gasteiger partial charge on any atom is -0.467 e. The molecule has 0 amide bonds. The summed E-state index contributed by atoms with van der Waals surface area (Å²) in [6.07, 6.45) is 0.383. The number of anilines is 2. The molecule has 0 saturated carbocycles. The Hall–Kier alpha value is -2.14. The van der Waals surface area contributed by atoms with Crippen molar-refractivity contribution in [1.82, 2.24) is 15.0 Å². The molecule has 0 bridgehead atoms. The van der Waals surface area contributed by atoms with E-state index in [0.29, 0.717) is 44.6 Å². The first-order valence-electron chi connectivity index (χ1n) is 6.39. The first-order chi connectivity index (χ1) is 9.74. The third kappa shape index (κ3) is 4.85. The Morgan fingerprint density at radius 2 is 2.05 bits per heavy atom. The fourth-order valence-electron chi connectivity index (χ4n) is 1.51.